The van der Waals surface area contributed by atoms with Crippen molar-refractivity contribution in [1.82, 2.24) is 9.88 Å². The second kappa shape index (κ2) is 8.02. The van der Waals surface area contributed by atoms with Crippen molar-refractivity contribution in [3.63, 3.8) is 0 Å². The molecule has 2 amide bonds. The van der Waals surface area contributed by atoms with E-state index in [0.29, 0.717) is 31.1 Å². The molecule has 0 atom stereocenters. The molecule has 138 valence electrons. The minimum absolute atomic E-state index is 0.00724. The molecular weight excluding hydrogens is 378 g/mol. The van der Waals surface area contributed by atoms with E-state index in [1.165, 1.54) is 22.7 Å². The summed E-state index contributed by atoms with van der Waals surface area (Å²) < 4.78 is 0. The van der Waals surface area contributed by atoms with Crippen molar-refractivity contribution in [2.45, 2.75) is 12.8 Å². The summed E-state index contributed by atoms with van der Waals surface area (Å²) in [6.45, 7) is 1.23. The fourth-order valence-corrected chi connectivity index (χ4v) is 4.59. The van der Waals surface area contributed by atoms with Crippen LogP contribution in [-0.4, -0.2) is 34.8 Å². The zero-order chi connectivity index (χ0) is 18.6. The molecule has 7 heteroatoms. The maximum Gasteiger partial charge on any atom is 0.263 e. The zero-order valence-corrected chi connectivity index (χ0v) is 16.3. The molecule has 0 spiro atoms. The number of hydrogen-bond acceptors (Lipinski definition) is 5. The summed E-state index contributed by atoms with van der Waals surface area (Å²) in [5, 5.41) is 7.42. The molecule has 2 aromatic heterocycles. The minimum Gasteiger partial charge on any atom is -0.338 e. The predicted octanol–water partition coefficient (Wildman–Crippen LogP) is 4.36. The van der Waals surface area contributed by atoms with Gasteiger partial charge in [0.1, 0.15) is 0 Å². The van der Waals surface area contributed by atoms with Crippen LogP contribution in [0, 0.1) is 5.92 Å². The van der Waals surface area contributed by atoms with E-state index in [-0.39, 0.29) is 17.7 Å². The van der Waals surface area contributed by atoms with Gasteiger partial charge >= 0.3 is 0 Å². The molecule has 1 saturated heterocycles. The fourth-order valence-electron chi connectivity index (χ4n) is 3.18. The molecular formula is C20H19N3O2S2. The third-order valence-electron chi connectivity index (χ3n) is 4.69. The second-order valence-electron chi connectivity index (χ2n) is 6.44. The summed E-state index contributed by atoms with van der Waals surface area (Å²) in [6, 6.07) is 13.6. The van der Waals surface area contributed by atoms with E-state index in [1.807, 2.05) is 58.1 Å². The topological polar surface area (TPSA) is 62.3 Å². The van der Waals surface area contributed by atoms with Crippen LogP contribution in [-0.2, 0) is 4.79 Å². The van der Waals surface area contributed by atoms with Gasteiger partial charge in [-0.2, -0.15) is 0 Å². The Morgan fingerprint density at radius 1 is 1.04 bits per heavy atom. The van der Waals surface area contributed by atoms with Gasteiger partial charge in [-0.1, -0.05) is 36.4 Å². The van der Waals surface area contributed by atoms with E-state index < -0.39 is 0 Å². The molecule has 0 unspecified atom stereocenters. The summed E-state index contributed by atoms with van der Waals surface area (Å²) in [5.74, 6) is -0.0232. The monoisotopic (exact) mass is 397 g/mol. The van der Waals surface area contributed by atoms with Crippen molar-refractivity contribution < 1.29 is 9.59 Å². The largest absolute Gasteiger partial charge is 0.338 e. The predicted molar refractivity (Wildman–Crippen MR) is 109 cm³/mol. The summed E-state index contributed by atoms with van der Waals surface area (Å²) in [7, 11) is 0. The van der Waals surface area contributed by atoms with E-state index in [0.717, 1.165) is 16.1 Å². The highest BCUT2D eigenvalue weighted by molar-refractivity contribution is 7.14. The Morgan fingerprint density at radius 2 is 1.81 bits per heavy atom. The number of carbonyl (C=O) groups excluding carboxylic acids is 2. The third-order valence-corrected chi connectivity index (χ3v) is 6.30. The number of rotatable bonds is 4. The number of benzene rings is 1. The molecule has 27 heavy (non-hydrogen) atoms. The number of anilines is 1. The Kier molecular flexibility index (Phi) is 5.31. The van der Waals surface area contributed by atoms with E-state index >= 15 is 0 Å². The molecule has 4 rings (SSSR count). The molecule has 0 radical (unpaired) electrons. The van der Waals surface area contributed by atoms with Crippen LogP contribution in [0.1, 0.15) is 22.5 Å². The molecule has 1 aliphatic rings. The van der Waals surface area contributed by atoms with Gasteiger partial charge in [0.15, 0.2) is 5.13 Å². The molecule has 1 aliphatic heterocycles. The number of nitrogens with one attached hydrogen (secondary N) is 1. The van der Waals surface area contributed by atoms with Gasteiger partial charge in [-0.15, -0.1) is 22.7 Å². The second-order valence-corrected chi connectivity index (χ2v) is 8.24. The number of carbonyl (C=O) groups is 2. The van der Waals surface area contributed by atoms with Crippen molar-refractivity contribution >= 4 is 39.6 Å². The van der Waals surface area contributed by atoms with Gasteiger partial charge in [0.2, 0.25) is 5.91 Å². The lowest BCUT2D eigenvalue weighted by Crippen LogP contribution is -2.41. The van der Waals surface area contributed by atoms with E-state index in [1.54, 1.807) is 0 Å². The first kappa shape index (κ1) is 17.9. The molecule has 0 saturated carbocycles. The Bertz CT molecular complexity index is 914. The lowest BCUT2D eigenvalue weighted by atomic mass is 9.96. The highest BCUT2D eigenvalue weighted by Gasteiger charge is 2.28. The highest BCUT2D eigenvalue weighted by Crippen LogP contribution is 2.26. The molecule has 3 aromatic rings. The Morgan fingerprint density at radius 3 is 2.52 bits per heavy atom. The van der Waals surface area contributed by atoms with Crippen LogP contribution in [0.4, 0.5) is 5.13 Å². The maximum atomic E-state index is 12.6. The van der Waals surface area contributed by atoms with Crippen LogP contribution in [0.5, 0.6) is 0 Å². The lowest BCUT2D eigenvalue weighted by Gasteiger charge is -2.30. The number of aromatic nitrogens is 1. The highest BCUT2D eigenvalue weighted by atomic mass is 32.1. The van der Waals surface area contributed by atoms with Crippen molar-refractivity contribution in [2.75, 3.05) is 18.4 Å². The first-order valence-electron chi connectivity index (χ1n) is 8.85. The number of amides is 2. The average Bonchev–Trinajstić information content (AvgIpc) is 3.40. The van der Waals surface area contributed by atoms with Gasteiger partial charge in [-0.25, -0.2) is 4.98 Å². The van der Waals surface area contributed by atoms with Crippen molar-refractivity contribution in [1.29, 1.82) is 0 Å². The maximum absolute atomic E-state index is 12.6. The molecule has 1 aromatic carbocycles. The van der Waals surface area contributed by atoms with Crippen LogP contribution in [0.2, 0.25) is 0 Å². The van der Waals surface area contributed by atoms with Crippen molar-refractivity contribution in [3.05, 3.63) is 58.1 Å². The van der Waals surface area contributed by atoms with Crippen LogP contribution >= 0.6 is 22.7 Å². The average molecular weight is 398 g/mol. The number of thiazole rings is 1. The Balaban J connectivity index is 1.32. The van der Waals surface area contributed by atoms with Crippen LogP contribution < -0.4 is 5.32 Å². The minimum atomic E-state index is -0.0820. The van der Waals surface area contributed by atoms with Gasteiger partial charge in [0, 0.05) is 30.0 Å². The lowest BCUT2D eigenvalue weighted by molar-refractivity contribution is -0.121. The Hall–Kier alpha value is -2.51. The van der Waals surface area contributed by atoms with E-state index in [4.69, 9.17) is 0 Å². The summed E-state index contributed by atoms with van der Waals surface area (Å²) in [6.07, 6.45) is 1.36. The normalized spacial score (nSPS) is 14.9. The van der Waals surface area contributed by atoms with Gasteiger partial charge in [0.25, 0.3) is 5.91 Å². The van der Waals surface area contributed by atoms with Gasteiger partial charge in [0.05, 0.1) is 10.6 Å². The molecule has 5 nitrogen and oxygen atoms in total. The summed E-state index contributed by atoms with van der Waals surface area (Å²) in [5.41, 5.74) is 1.90. The van der Waals surface area contributed by atoms with Gasteiger partial charge in [-0.05, 0) is 24.3 Å². The zero-order valence-electron chi connectivity index (χ0n) is 14.6. The van der Waals surface area contributed by atoms with Gasteiger partial charge in [-0.3, -0.25) is 9.59 Å². The Labute approximate surface area is 165 Å². The molecule has 0 aliphatic carbocycles. The number of hydrogen-bond donors (Lipinski definition) is 1. The fraction of sp³-hybridized carbons (Fsp3) is 0.250. The number of nitrogens with zero attached hydrogens (tertiary/aromatic N) is 2. The SMILES string of the molecule is O=C(Nc1nc(-c2ccccc2)cs1)C1CCN(C(=O)c2cccs2)CC1. The molecule has 1 fully saturated rings. The number of likely N-dealkylation sites (tertiary alicyclic amines) is 1. The van der Waals surface area contributed by atoms with E-state index in [9.17, 15) is 9.59 Å². The smallest absolute Gasteiger partial charge is 0.263 e. The molecule has 1 N–H and O–H groups in total. The van der Waals surface area contributed by atoms with Crippen LogP contribution in [0.25, 0.3) is 11.3 Å². The quantitative estimate of drug-likeness (QED) is 0.711. The van der Waals surface area contributed by atoms with Crippen molar-refractivity contribution in [2.24, 2.45) is 5.92 Å². The first-order valence-corrected chi connectivity index (χ1v) is 10.6. The standard InChI is InChI=1S/C20H19N3O2S2/c24-18(22-20-21-16(13-27-20)14-5-2-1-3-6-14)15-8-10-23(11-9-15)19(25)17-7-4-12-26-17/h1-7,12-13,15H,8-11H2,(H,21,22,24). The number of piperidine rings is 1. The van der Waals surface area contributed by atoms with E-state index in [2.05, 4.69) is 10.3 Å². The summed E-state index contributed by atoms with van der Waals surface area (Å²) in [4.78, 5) is 32.1. The van der Waals surface area contributed by atoms with Gasteiger partial charge < -0.3 is 10.2 Å². The molecule has 0 bridgehead atoms. The first-order chi connectivity index (χ1) is 13.2. The number of thiophene rings is 1. The molecule has 3 heterocycles. The van der Waals surface area contributed by atoms with Crippen molar-refractivity contribution in [3.8, 4) is 11.3 Å². The van der Waals surface area contributed by atoms with Crippen LogP contribution in [0.15, 0.2) is 53.2 Å². The third kappa shape index (κ3) is 4.09. The summed E-state index contributed by atoms with van der Waals surface area (Å²) >= 11 is 2.89. The van der Waals surface area contributed by atoms with Crippen LogP contribution in [0.3, 0.4) is 0 Å².